The predicted octanol–water partition coefficient (Wildman–Crippen LogP) is -1.91. The van der Waals surface area contributed by atoms with E-state index in [-0.39, 0.29) is 23.7 Å². The number of quaternary nitrogens is 1. The van der Waals surface area contributed by atoms with Crippen LogP contribution in [-0.4, -0.2) is 89.9 Å². The van der Waals surface area contributed by atoms with Crippen molar-refractivity contribution < 1.29 is 39.6 Å². The molecule has 0 saturated carbocycles. The van der Waals surface area contributed by atoms with Crippen molar-refractivity contribution in [3.63, 3.8) is 0 Å². The highest BCUT2D eigenvalue weighted by atomic mass is 32.2. The number of nitrogens with one attached hydrogen (secondary N) is 5. The standard InChI is InChI=1S/C24H44N6O7S/c1-12(2)18(29-21(33)15(25)8-9-38-7)22(34)27-10-16(31)26-11-17(32)28-19(13(3)4)23(35)30-20(14(5)6)24(36)37/h12-15,18-20H,8-11,25H2,1-7H3,(H,26,31)(H,27,34)(H,28,32)(H,29,33)(H,30,35)(H,36,37)/p+1/t15-,18-,19-,20-/m1/s1. The maximum atomic E-state index is 12.6. The van der Waals surface area contributed by atoms with Gasteiger partial charge in [-0.3, -0.25) is 24.0 Å². The molecule has 0 saturated heterocycles. The number of carboxylic acids is 1. The van der Waals surface area contributed by atoms with Crippen LogP contribution in [0.1, 0.15) is 48.0 Å². The first-order valence-electron chi connectivity index (χ1n) is 12.6. The molecule has 13 nitrogen and oxygen atoms in total. The molecule has 5 amide bonds. The average molecular weight is 562 g/mol. The molecule has 0 unspecified atom stereocenters. The van der Waals surface area contributed by atoms with Crippen molar-refractivity contribution >= 4 is 47.3 Å². The second kappa shape index (κ2) is 17.6. The summed E-state index contributed by atoms with van der Waals surface area (Å²) in [5, 5.41) is 21.7. The normalized spacial score (nSPS) is 14.3. The van der Waals surface area contributed by atoms with Crippen LogP contribution in [0.5, 0.6) is 0 Å². The predicted molar refractivity (Wildman–Crippen MR) is 144 cm³/mol. The smallest absolute Gasteiger partial charge is 0.326 e. The van der Waals surface area contributed by atoms with Gasteiger partial charge in [-0.25, -0.2) is 4.79 Å². The van der Waals surface area contributed by atoms with Crippen molar-refractivity contribution in [2.24, 2.45) is 17.8 Å². The van der Waals surface area contributed by atoms with E-state index in [4.69, 9.17) is 0 Å². The second-order valence-electron chi connectivity index (χ2n) is 10.1. The fraction of sp³-hybridized carbons (Fsp3) is 0.750. The number of carbonyl (C=O) groups is 6. The van der Waals surface area contributed by atoms with Crippen LogP contribution in [0.2, 0.25) is 0 Å². The summed E-state index contributed by atoms with van der Waals surface area (Å²) in [6, 6.07) is -3.49. The van der Waals surface area contributed by atoms with Crippen LogP contribution >= 0.6 is 11.8 Å². The van der Waals surface area contributed by atoms with Crippen LogP contribution in [0.4, 0.5) is 0 Å². The van der Waals surface area contributed by atoms with E-state index in [1.807, 2.05) is 6.26 Å². The number of thioether (sulfide) groups is 1. The fourth-order valence-corrected chi connectivity index (χ4v) is 3.75. The van der Waals surface area contributed by atoms with E-state index in [0.717, 1.165) is 5.75 Å². The van der Waals surface area contributed by atoms with Gasteiger partial charge in [-0.15, -0.1) is 0 Å². The van der Waals surface area contributed by atoms with E-state index in [2.05, 4.69) is 32.3 Å². The molecule has 0 aromatic rings. The van der Waals surface area contributed by atoms with Gasteiger partial charge in [0.15, 0.2) is 6.04 Å². The highest BCUT2D eigenvalue weighted by Crippen LogP contribution is 2.07. The Morgan fingerprint density at radius 3 is 1.63 bits per heavy atom. The molecule has 0 bridgehead atoms. The molecule has 0 radical (unpaired) electrons. The van der Waals surface area contributed by atoms with Crippen LogP contribution < -0.4 is 32.3 Å². The third-order valence-electron chi connectivity index (χ3n) is 5.65. The summed E-state index contributed by atoms with van der Waals surface area (Å²) in [4.78, 5) is 73.4. The third-order valence-corrected chi connectivity index (χ3v) is 6.30. The van der Waals surface area contributed by atoms with E-state index < -0.39 is 66.9 Å². The Hall–Kier alpha value is -2.87. The molecule has 14 heteroatoms. The molecule has 0 aliphatic carbocycles. The number of carboxylic acid groups (broad SMARTS) is 1. The lowest BCUT2D eigenvalue weighted by Crippen LogP contribution is -2.69. The minimum absolute atomic E-state index is 0.240. The quantitative estimate of drug-likeness (QED) is 0.106. The molecule has 9 N–H and O–H groups in total. The molecule has 0 aromatic heterocycles. The highest BCUT2D eigenvalue weighted by molar-refractivity contribution is 7.98. The van der Waals surface area contributed by atoms with E-state index in [0.29, 0.717) is 6.42 Å². The maximum Gasteiger partial charge on any atom is 0.326 e. The van der Waals surface area contributed by atoms with E-state index >= 15 is 0 Å². The summed E-state index contributed by atoms with van der Waals surface area (Å²) in [7, 11) is 0. The monoisotopic (exact) mass is 561 g/mol. The van der Waals surface area contributed by atoms with Crippen molar-refractivity contribution in [3.05, 3.63) is 0 Å². The molecule has 0 aliphatic heterocycles. The molecular formula is C24H45N6O7S+. The zero-order chi connectivity index (χ0) is 29.6. The molecule has 0 heterocycles. The Morgan fingerprint density at radius 2 is 1.16 bits per heavy atom. The second-order valence-corrected chi connectivity index (χ2v) is 11.0. The van der Waals surface area contributed by atoms with Gasteiger partial charge >= 0.3 is 5.97 Å². The highest BCUT2D eigenvalue weighted by Gasteiger charge is 2.31. The summed E-state index contributed by atoms with van der Waals surface area (Å²) in [6.45, 7) is 9.32. The van der Waals surface area contributed by atoms with Crippen molar-refractivity contribution in [1.82, 2.24) is 26.6 Å². The van der Waals surface area contributed by atoms with Crippen molar-refractivity contribution in [3.8, 4) is 0 Å². The Bertz CT molecular complexity index is 837. The van der Waals surface area contributed by atoms with Crippen LogP contribution in [0.15, 0.2) is 0 Å². The molecule has 0 aliphatic rings. The van der Waals surface area contributed by atoms with Gasteiger partial charge in [0.1, 0.15) is 18.1 Å². The lowest BCUT2D eigenvalue weighted by atomic mass is 10.0. The summed E-state index contributed by atoms with van der Waals surface area (Å²) >= 11 is 1.59. The van der Waals surface area contributed by atoms with Gasteiger partial charge in [0.05, 0.1) is 13.1 Å². The molecule has 0 fully saturated rings. The van der Waals surface area contributed by atoms with Crippen molar-refractivity contribution in [2.45, 2.75) is 72.1 Å². The van der Waals surface area contributed by atoms with Gasteiger partial charge in [-0.2, -0.15) is 11.8 Å². The summed E-state index contributed by atoms with van der Waals surface area (Å²) in [5.74, 6) is -4.21. The number of aliphatic carboxylic acids is 1. The Morgan fingerprint density at radius 1 is 0.684 bits per heavy atom. The van der Waals surface area contributed by atoms with E-state index in [1.165, 1.54) is 0 Å². The SMILES string of the molecule is CSCC[C@@H]([NH3+])C(=O)N[C@@H](C(=O)NCC(=O)NCC(=O)N[C@@H](C(=O)N[C@@H](C(=O)O)C(C)C)C(C)C)C(C)C. The van der Waals surface area contributed by atoms with E-state index in [1.54, 1.807) is 53.3 Å². The zero-order valence-electron chi connectivity index (χ0n) is 23.4. The number of hydrogen-bond acceptors (Lipinski definition) is 7. The first-order valence-corrected chi connectivity index (χ1v) is 14.0. The maximum absolute atomic E-state index is 12.6. The topological polar surface area (TPSA) is 210 Å². The first kappa shape index (κ1) is 35.1. The van der Waals surface area contributed by atoms with Gasteiger partial charge in [-0.1, -0.05) is 41.5 Å². The molecule has 4 atom stereocenters. The Kier molecular flexibility index (Phi) is 16.3. The average Bonchev–Trinajstić information content (AvgIpc) is 2.83. The third kappa shape index (κ3) is 13.1. The van der Waals surface area contributed by atoms with Crippen LogP contribution in [0, 0.1) is 17.8 Å². The molecule has 0 aromatic carbocycles. The number of amides is 5. The van der Waals surface area contributed by atoms with Crippen LogP contribution in [0.25, 0.3) is 0 Å². The van der Waals surface area contributed by atoms with E-state index in [9.17, 15) is 33.9 Å². The number of rotatable bonds is 17. The summed E-state index contributed by atoms with van der Waals surface area (Å²) < 4.78 is 0. The fourth-order valence-electron chi connectivity index (χ4n) is 3.23. The first-order chi connectivity index (χ1) is 17.6. The minimum Gasteiger partial charge on any atom is -0.480 e. The largest absolute Gasteiger partial charge is 0.480 e. The number of carbonyl (C=O) groups excluding carboxylic acids is 5. The molecule has 0 spiro atoms. The lowest BCUT2D eigenvalue weighted by Gasteiger charge is -2.25. The summed E-state index contributed by atoms with van der Waals surface area (Å²) in [5.41, 5.74) is 3.82. The molecule has 218 valence electrons. The lowest BCUT2D eigenvalue weighted by molar-refractivity contribution is -0.404. The van der Waals surface area contributed by atoms with Crippen LogP contribution in [-0.2, 0) is 28.8 Å². The van der Waals surface area contributed by atoms with Gasteiger partial charge in [0.25, 0.3) is 5.91 Å². The van der Waals surface area contributed by atoms with Gasteiger partial charge in [0, 0.05) is 6.42 Å². The van der Waals surface area contributed by atoms with Gasteiger partial charge in [-0.05, 0) is 29.8 Å². The zero-order valence-corrected chi connectivity index (χ0v) is 24.2. The van der Waals surface area contributed by atoms with Gasteiger partial charge in [0.2, 0.25) is 23.6 Å². The van der Waals surface area contributed by atoms with Crippen LogP contribution in [0.3, 0.4) is 0 Å². The van der Waals surface area contributed by atoms with Crippen molar-refractivity contribution in [1.29, 1.82) is 0 Å². The van der Waals surface area contributed by atoms with Crippen molar-refractivity contribution in [2.75, 3.05) is 25.1 Å². The molecule has 38 heavy (non-hydrogen) atoms. The Labute approximate surface area is 228 Å². The number of hydrogen-bond donors (Lipinski definition) is 7. The van der Waals surface area contributed by atoms with Gasteiger partial charge < -0.3 is 37.4 Å². The summed E-state index contributed by atoms with van der Waals surface area (Å²) in [6.07, 6.45) is 2.49. The minimum atomic E-state index is -1.18. The molecular weight excluding hydrogens is 516 g/mol. The molecule has 0 rings (SSSR count). The Balaban J connectivity index is 4.83.